The van der Waals surface area contributed by atoms with Gasteiger partial charge in [-0.15, -0.1) is 0 Å². The first kappa shape index (κ1) is 17.4. The summed E-state index contributed by atoms with van der Waals surface area (Å²) in [7, 11) is 1.61. The molecule has 3 aromatic carbocycles. The van der Waals surface area contributed by atoms with Crippen molar-refractivity contribution in [3.63, 3.8) is 0 Å². The lowest BCUT2D eigenvalue weighted by molar-refractivity contribution is -0.122. The van der Waals surface area contributed by atoms with Crippen molar-refractivity contribution in [1.29, 1.82) is 0 Å². The highest BCUT2D eigenvalue weighted by Gasteiger charge is 2.21. The number of nitrogens with one attached hydrogen (secondary N) is 1. The van der Waals surface area contributed by atoms with E-state index in [4.69, 9.17) is 9.47 Å². The van der Waals surface area contributed by atoms with Crippen LogP contribution in [0.2, 0.25) is 0 Å². The lowest BCUT2D eigenvalue weighted by Gasteiger charge is -2.18. The quantitative estimate of drug-likeness (QED) is 0.690. The van der Waals surface area contributed by atoms with Crippen LogP contribution in [0, 0.1) is 0 Å². The molecule has 1 aliphatic carbocycles. The number of rotatable bonds is 6. The van der Waals surface area contributed by atoms with E-state index in [2.05, 4.69) is 29.6 Å². The summed E-state index contributed by atoms with van der Waals surface area (Å²) in [5, 5.41) is 5.46. The minimum absolute atomic E-state index is 0.140. The van der Waals surface area contributed by atoms with Gasteiger partial charge in [-0.2, -0.15) is 0 Å². The Morgan fingerprint density at radius 2 is 1.78 bits per heavy atom. The molecule has 3 aromatic rings. The Morgan fingerprint density at radius 1 is 1.04 bits per heavy atom. The fourth-order valence-corrected chi connectivity index (χ4v) is 3.73. The van der Waals surface area contributed by atoms with Crippen LogP contribution in [0.3, 0.4) is 0 Å². The van der Waals surface area contributed by atoms with E-state index in [1.807, 2.05) is 31.2 Å². The normalized spacial score (nSPS) is 13.4. The summed E-state index contributed by atoms with van der Waals surface area (Å²) in [4.78, 5) is 12.9. The number of amides is 1. The fraction of sp³-hybridized carbons (Fsp3) is 0.261. The Kier molecular flexibility index (Phi) is 4.71. The second-order valence-corrected chi connectivity index (χ2v) is 6.79. The van der Waals surface area contributed by atoms with Crippen molar-refractivity contribution in [3.05, 3.63) is 65.7 Å². The van der Waals surface area contributed by atoms with E-state index in [0.29, 0.717) is 17.9 Å². The van der Waals surface area contributed by atoms with Crippen LogP contribution in [0.4, 0.5) is 5.69 Å². The summed E-state index contributed by atoms with van der Waals surface area (Å²) < 4.78 is 11.1. The van der Waals surface area contributed by atoms with E-state index < -0.39 is 6.10 Å². The number of aryl methyl sites for hydroxylation is 2. The van der Waals surface area contributed by atoms with Crippen molar-refractivity contribution in [1.82, 2.24) is 0 Å². The number of hydrogen-bond acceptors (Lipinski definition) is 3. The number of anilines is 1. The minimum Gasteiger partial charge on any atom is -0.497 e. The van der Waals surface area contributed by atoms with Crippen molar-refractivity contribution < 1.29 is 14.3 Å². The SMILES string of the molecule is CC[C@@H](Oc1cccc(OC)c1)C(=O)Nc1ccc2c3c(cccc13)CC2. The molecule has 0 bridgehead atoms. The van der Waals surface area contributed by atoms with Crippen LogP contribution in [0.25, 0.3) is 10.8 Å². The van der Waals surface area contributed by atoms with Crippen LogP contribution in [0.5, 0.6) is 11.5 Å². The van der Waals surface area contributed by atoms with Crippen LogP contribution >= 0.6 is 0 Å². The van der Waals surface area contributed by atoms with Crippen LogP contribution in [-0.2, 0) is 17.6 Å². The second-order valence-electron chi connectivity index (χ2n) is 6.79. The van der Waals surface area contributed by atoms with Gasteiger partial charge in [-0.25, -0.2) is 0 Å². The van der Waals surface area contributed by atoms with Crippen molar-refractivity contribution in [2.24, 2.45) is 0 Å². The fourth-order valence-electron chi connectivity index (χ4n) is 3.73. The van der Waals surface area contributed by atoms with Gasteiger partial charge in [0.2, 0.25) is 0 Å². The largest absolute Gasteiger partial charge is 0.497 e. The van der Waals surface area contributed by atoms with Gasteiger partial charge in [-0.3, -0.25) is 4.79 Å². The Bertz CT molecular complexity index is 986. The molecule has 1 atom stereocenters. The molecule has 1 aliphatic rings. The van der Waals surface area contributed by atoms with Crippen LogP contribution < -0.4 is 14.8 Å². The summed E-state index contributed by atoms with van der Waals surface area (Å²) in [5.41, 5.74) is 3.56. The molecular formula is C23H23NO3. The molecule has 4 rings (SSSR count). The molecule has 0 unspecified atom stereocenters. The number of carbonyl (C=O) groups excluding carboxylic acids is 1. The maximum Gasteiger partial charge on any atom is 0.265 e. The molecule has 138 valence electrons. The van der Waals surface area contributed by atoms with E-state index in [1.54, 1.807) is 13.2 Å². The van der Waals surface area contributed by atoms with Gasteiger partial charge in [0.1, 0.15) is 11.5 Å². The average Bonchev–Trinajstić information content (AvgIpc) is 3.13. The lowest BCUT2D eigenvalue weighted by Crippen LogP contribution is -2.32. The van der Waals surface area contributed by atoms with Gasteiger partial charge in [0.25, 0.3) is 5.91 Å². The third kappa shape index (κ3) is 3.35. The molecule has 4 nitrogen and oxygen atoms in total. The predicted octanol–water partition coefficient (Wildman–Crippen LogP) is 4.74. The Hall–Kier alpha value is -3.01. The first-order valence-corrected chi connectivity index (χ1v) is 9.34. The van der Waals surface area contributed by atoms with Gasteiger partial charge < -0.3 is 14.8 Å². The summed E-state index contributed by atoms with van der Waals surface area (Å²) in [6, 6.07) is 17.8. The highest BCUT2D eigenvalue weighted by Crippen LogP contribution is 2.35. The van der Waals surface area contributed by atoms with Crippen LogP contribution in [-0.4, -0.2) is 19.1 Å². The van der Waals surface area contributed by atoms with Gasteiger partial charge in [0.15, 0.2) is 6.10 Å². The molecule has 1 N–H and O–H groups in total. The Morgan fingerprint density at radius 3 is 2.56 bits per heavy atom. The number of ether oxygens (including phenoxy) is 2. The summed E-state index contributed by atoms with van der Waals surface area (Å²) in [5.74, 6) is 1.19. The standard InChI is InChI=1S/C23H23NO3/c1-3-21(27-18-8-5-7-17(14-18)26-2)23(25)24-20-13-12-16-11-10-15-6-4-9-19(20)22(15)16/h4-9,12-14,21H,3,10-11H2,1-2H3,(H,24,25)/t21-/m1/s1. The maximum absolute atomic E-state index is 12.9. The van der Waals surface area contributed by atoms with E-state index in [1.165, 1.54) is 16.5 Å². The highest BCUT2D eigenvalue weighted by molar-refractivity contribution is 6.06. The minimum atomic E-state index is -0.569. The van der Waals surface area contributed by atoms with E-state index in [9.17, 15) is 4.79 Å². The number of benzene rings is 3. The van der Waals surface area contributed by atoms with E-state index in [0.717, 1.165) is 23.9 Å². The molecule has 1 amide bonds. The van der Waals surface area contributed by atoms with Crippen LogP contribution in [0.15, 0.2) is 54.6 Å². The molecule has 0 aromatic heterocycles. The Labute approximate surface area is 159 Å². The van der Waals surface area contributed by atoms with Gasteiger partial charge in [-0.1, -0.05) is 37.3 Å². The number of carbonyl (C=O) groups is 1. The molecular weight excluding hydrogens is 338 g/mol. The third-order valence-corrected chi connectivity index (χ3v) is 5.12. The zero-order valence-electron chi connectivity index (χ0n) is 15.6. The smallest absolute Gasteiger partial charge is 0.265 e. The molecule has 0 saturated heterocycles. The Balaban J connectivity index is 1.57. The molecule has 0 saturated carbocycles. The summed E-state index contributed by atoms with van der Waals surface area (Å²) in [6.45, 7) is 1.94. The van der Waals surface area contributed by atoms with Crippen molar-refractivity contribution in [2.75, 3.05) is 12.4 Å². The number of hydrogen-bond donors (Lipinski definition) is 1. The van der Waals surface area contributed by atoms with Crippen molar-refractivity contribution in [2.45, 2.75) is 32.3 Å². The zero-order chi connectivity index (χ0) is 18.8. The molecule has 0 spiro atoms. The van der Waals surface area contributed by atoms with Gasteiger partial charge in [0, 0.05) is 17.1 Å². The van der Waals surface area contributed by atoms with Gasteiger partial charge in [0.05, 0.1) is 7.11 Å². The molecule has 4 heteroatoms. The first-order valence-electron chi connectivity index (χ1n) is 9.34. The van der Waals surface area contributed by atoms with Crippen molar-refractivity contribution in [3.8, 4) is 11.5 Å². The van der Waals surface area contributed by atoms with Crippen molar-refractivity contribution >= 4 is 22.4 Å². The predicted molar refractivity (Wildman–Crippen MR) is 108 cm³/mol. The number of methoxy groups -OCH3 is 1. The van der Waals surface area contributed by atoms with Gasteiger partial charge in [-0.05, 0) is 54.0 Å². The second kappa shape index (κ2) is 7.31. The highest BCUT2D eigenvalue weighted by atomic mass is 16.5. The monoisotopic (exact) mass is 361 g/mol. The molecule has 0 heterocycles. The van der Waals surface area contributed by atoms with Gasteiger partial charge >= 0.3 is 0 Å². The molecule has 0 aliphatic heterocycles. The average molecular weight is 361 g/mol. The summed E-state index contributed by atoms with van der Waals surface area (Å²) >= 11 is 0. The molecule has 0 fully saturated rings. The van der Waals surface area contributed by atoms with E-state index in [-0.39, 0.29) is 5.91 Å². The topological polar surface area (TPSA) is 47.6 Å². The maximum atomic E-state index is 12.9. The van der Waals surface area contributed by atoms with Crippen LogP contribution in [0.1, 0.15) is 24.5 Å². The lowest BCUT2D eigenvalue weighted by atomic mass is 10.0. The zero-order valence-corrected chi connectivity index (χ0v) is 15.6. The third-order valence-electron chi connectivity index (χ3n) is 5.12. The summed E-state index contributed by atoms with van der Waals surface area (Å²) in [6.07, 6.45) is 2.14. The first-order chi connectivity index (χ1) is 13.2. The van der Waals surface area contributed by atoms with E-state index >= 15 is 0 Å². The molecule has 27 heavy (non-hydrogen) atoms. The molecule has 0 radical (unpaired) electrons.